The smallest absolute Gasteiger partial charge is 0.251 e. The van der Waals surface area contributed by atoms with E-state index >= 15 is 0 Å². The van der Waals surface area contributed by atoms with Crippen LogP contribution in [0.15, 0.2) is 39.7 Å². The number of aliphatic hydroxyl groups is 1. The van der Waals surface area contributed by atoms with E-state index in [4.69, 9.17) is 4.42 Å². The molecule has 0 fully saturated rings. The molecule has 0 saturated heterocycles. The van der Waals surface area contributed by atoms with Crippen molar-refractivity contribution in [3.63, 3.8) is 0 Å². The minimum absolute atomic E-state index is 0.0222. The van der Waals surface area contributed by atoms with Crippen LogP contribution in [0.5, 0.6) is 0 Å². The Bertz CT molecular complexity index is 670. The van der Waals surface area contributed by atoms with Gasteiger partial charge in [-0.25, -0.2) is 0 Å². The highest BCUT2D eigenvalue weighted by Gasteiger charge is 2.27. The Kier molecular flexibility index (Phi) is 3.76. The third kappa shape index (κ3) is 3.16. The van der Waals surface area contributed by atoms with Gasteiger partial charge < -0.3 is 19.8 Å². The molecule has 2 aromatic heterocycles. The lowest BCUT2D eigenvalue weighted by atomic mass is 10.0. The molecule has 2 rings (SSSR count). The lowest BCUT2D eigenvalue weighted by molar-refractivity contribution is 0.0323. The van der Waals surface area contributed by atoms with Gasteiger partial charge in [0.25, 0.3) is 5.91 Å². The quantitative estimate of drug-likeness (QED) is 0.773. The number of aryl methyl sites for hydroxylation is 1. The average Bonchev–Trinajstić information content (AvgIpc) is 2.83. The molecule has 1 amide bonds. The predicted octanol–water partition coefficient (Wildman–Crippen LogP) is 0.914. The first-order valence-electron chi connectivity index (χ1n) is 6.15. The fourth-order valence-corrected chi connectivity index (χ4v) is 1.75. The predicted molar refractivity (Wildman–Crippen MR) is 72.4 cm³/mol. The average molecular weight is 276 g/mol. The first-order valence-corrected chi connectivity index (χ1v) is 6.15. The molecule has 6 nitrogen and oxygen atoms in total. The second-order valence-corrected chi connectivity index (χ2v) is 4.81. The minimum atomic E-state index is -1.31. The van der Waals surface area contributed by atoms with Gasteiger partial charge in [-0.15, -0.1) is 0 Å². The topological polar surface area (TPSA) is 95.3 Å². The van der Waals surface area contributed by atoms with E-state index in [0.717, 1.165) is 0 Å². The normalized spacial score (nSPS) is 13.8. The highest BCUT2D eigenvalue weighted by atomic mass is 16.4. The molecule has 0 bridgehead atoms. The molecule has 0 saturated carbocycles. The Balaban J connectivity index is 2.04. The Labute approximate surface area is 115 Å². The van der Waals surface area contributed by atoms with Gasteiger partial charge in [0.05, 0.1) is 6.54 Å². The fourth-order valence-electron chi connectivity index (χ4n) is 1.75. The van der Waals surface area contributed by atoms with E-state index < -0.39 is 11.5 Å². The molecule has 3 N–H and O–H groups in total. The van der Waals surface area contributed by atoms with Crippen molar-refractivity contribution in [3.05, 3.63) is 57.9 Å². The Hall–Kier alpha value is -2.34. The summed E-state index contributed by atoms with van der Waals surface area (Å²) in [6.07, 6.45) is 1.39. The summed E-state index contributed by atoms with van der Waals surface area (Å²) < 4.78 is 5.35. The van der Waals surface area contributed by atoms with Crippen molar-refractivity contribution in [1.29, 1.82) is 0 Å². The van der Waals surface area contributed by atoms with Gasteiger partial charge in [0.2, 0.25) is 5.56 Å². The molecule has 6 heteroatoms. The summed E-state index contributed by atoms with van der Waals surface area (Å²) in [6.45, 7) is 3.29. The van der Waals surface area contributed by atoms with Gasteiger partial charge in [-0.3, -0.25) is 9.59 Å². The van der Waals surface area contributed by atoms with Gasteiger partial charge in [-0.05, 0) is 32.0 Å². The van der Waals surface area contributed by atoms with Crippen LogP contribution in [0.25, 0.3) is 0 Å². The van der Waals surface area contributed by atoms with Crippen LogP contribution >= 0.6 is 0 Å². The zero-order valence-electron chi connectivity index (χ0n) is 11.3. The molecule has 1 unspecified atom stereocenters. The molecule has 0 aliphatic carbocycles. The zero-order valence-corrected chi connectivity index (χ0v) is 11.3. The molecule has 106 valence electrons. The molecule has 1 atom stereocenters. The van der Waals surface area contributed by atoms with Crippen LogP contribution in [-0.4, -0.2) is 22.5 Å². The van der Waals surface area contributed by atoms with Crippen LogP contribution in [0.3, 0.4) is 0 Å². The molecular weight excluding hydrogens is 260 g/mol. The molecule has 0 radical (unpaired) electrons. The summed E-state index contributed by atoms with van der Waals surface area (Å²) in [5.74, 6) is 0.627. The summed E-state index contributed by atoms with van der Waals surface area (Å²) in [5.41, 5.74) is -1.43. The first-order chi connectivity index (χ1) is 9.38. The van der Waals surface area contributed by atoms with Crippen molar-refractivity contribution in [2.45, 2.75) is 19.4 Å². The third-order valence-electron chi connectivity index (χ3n) is 2.90. The van der Waals surface area contributed by atoms with Gasteiger partial charge in [0.1, 0.15) is 17.1 Å². The molecule has 0 aliphatic rings. The summed E-state index contributed by atoms with van der Waals surface area (Å²) >= 11 is 0. The zero-order chi connectivity index (χ0) is 14.8. The number of aromatic nitrogens is 1. The van der Waals surface area contributed by atoms with Crippen LogP contribution < -0.4 is 10.9 Å². The number of aromatic amines is 1. The van der Waals surface area contributed by atoms with E-state index in [1.807, 2.05) is 0 Å². The van der Waals surface area contributed by atoms with E-state index in [0.29, 0.717) is 11.5 Å². The maximum absolute atomic E-state index is 11.9. The van der Waals surface area contributed by atoms with E-state index in [1.165, 1.54) is 18.3 Å². The number of H-pyrrole nitrogens is 1. The van der Waals surface area contributed by atoms with Gasteiger partial charge in [-0.1, -0.05) is 0 Å². The summed E-state index contributed by atoms with van der Waals surface area (Å²) in [7, 11) is 0. The number of nitrogens with one attached hydrogen (secondary N) is 2. The number of amides is 1. The van der Waals surface area contributed by atoms with Crippen LogP contribution in [0.4, 0.5) is 0 Å². The third-order valence-corrected chi connectivity index (χ3v) is 2.90. The van der Waals surface area contributed by atoms with Gasteiger partial charge in [0, 0.05) is 17.8 Å². The van der Waals surface area contributed by atoms with Crippen LogP contribution in [-0.2, 0) is 5.60 Å². The molecule has 2 heterocycles. The summed E-state index contributed by atoms with van der Waals surface area (Å²) in [6, 6.07) is 6.08. The van der Waals surface area contributed by atoms with Crippen LogP contribution in [0.1, 0.15) is 28.8 Å². The van der Waals surface area contributed by atoms with Gasteiger partial charge in [0.15, 0.2) is 0 Å². The maximum atomic E-state index is 11.9. The largest absolute Gasteiger partial charge is 0.463 e. The van der Waals surface area contributed by atoms with Crippen LogP contribution in [0.2, 0.25) is 0 Å². The van der Waals surface area contributed by atoms with E-state index in [9.17, 15) is 14.7 Å². The first kappa shape index (κ1) is 14.1. The lowest BCUT2D eigenvalue weighted by Gasteiger charge is -2.21. The highest BCUT2D eigenvalue weighted by Crippen LogP contribution is 2.21. The number of hydrogen-bond acceptors (Lipinski definition) is 4. The number of rotatable bonds is 4. The van der Waals surface area contributed by atoms with Crippen molar-refractivity contribution in [2.75, 3.05) is 6.54 Å². The molecule has 2 aromatic rings. The molecule has 0 aromatic carbocycles. The molecule has 0 spiro atoms. The Morgan fingerprint density at radius 2 is 2.20 bits per heavy atom. The minimum Gasteiger partial charge on any atom is -0.463 e. The van der Waals surface area contributed by atoms with Crippen molar-refractivity contribution < 1.29 is 14.3 Å². The summed E-state index contributed by atoms with van der Waals surface area (Å²) in [5, 5.41) is 12.8. The number of carbonyl (C=O) groups excluding carboxylic acids is 1. The van der Waals surface area contributed by atoms with Gasteiger partial charge >= 0.3 is 0 Å². The monoisotopic (exact) mass is 276 g/mol. The van der Waals surface area contributed by atoms with E-state index in [2.05, 4.69) is 10.3 Å². The van der Waals surface area contributed by atoms with Gasteiger partial charge in [-0.2, -0.15) is 0 Å². The number of carbonyl (C=O) groups is 1. The molecular formula is C14H16N2O4. The number of pyridine rings is 1. The fraction of sp³-hybridized carbons (Fsp3) is 0.286. The van der Waals surface area contributed by atoms with Crippen molar-refractivity contribution in [3.8, 4) is 0 Å². The highest BCUT2D eigenvalue weighted by molar-refractivity contribution is 5.93. The Morgan fingerprint density at radius 3 is 2.80 bits per heavy atom. The van der Waals surface area contributed by atoms with Crippen molar-refractivity contribution in [1.82, 2.24) is 10.3 Å². The SMILES string of the molecule is Cc1ccc(C(C)(O)CNC(=O)c2cc[nH]c(=O)c2)o1. The second-order valence-electron chi connectivity index (χ2n) is 4.81. The van der Waals surface area contributed by atoms with Crippen molar-refractivity contribution >= 4 is 5.91 Å². The lowest BCUT2D eigenvalue weighted by Crippen LogP contribution is -2.38. The number of furan rings is 1. The second kappa shape index (κ2) is 5.34. The molecule has 0 aliphatic heterocycles. The number of hydrogen-bond donors (Lipinski definition) is 3. The Morgan fingerprint density at radius 1 is 1.45 bits per heavy atom. The summed E-state index contributed by atoms with van der Waals surface area (Å²) in [4.78, 5) is 25.4. The van der Waals surface area contributed by atoms with E-state index in [1.54, 1.807) is 26.0 Å². The maximum Gasteiger partial charge on any atom is 0.251 e. The van der Waals surface area contributed by atoms with Crippen molar-refractivity contribution in [2.24, 2.45) is 0 Å². The van der Waals surface area contributed by atoms with E-state index in [-0.39, 0.29) is 17.7 Å². The molecule has 20 heavy (non-hydrogen) atoms. The standard InChI is InChI=1S/C14H16N2O4/c1-9-3-4-11(20-9)14(2,19)8-16-13(18)10-5-6-15-12(17)7-10/h3-7,19H,8H2,1-2H3,(H,15,17)(H,16,18). The van der Waals surface area contributed by atoms with Crippen LogP contribution in [0, 0.1) is 6.92 Å².